The van der Waals surface area contributed by atoms with Crippen LogP contribution in [0.1, 0.15) is 103 Å². The molecule has 0 radical (unpaired) electrons. The van der Waals surface area contributed by atoms with Crippen LogP contribution in [0.2, 0.25) is 0 Å². The summed E-state index contributed by atoms with van der Waals surface area (Å²) in [6.45, 7) is 22.7. The van der Waals surface area contributed by atoms with Gasteiger partial charge in [-0.25, -0.2) is 8.42 Å². The van der Waals surface area contributed by atoms with Gasteiger partial charge in [0.05, 0.1) is 4.90 Å². The first-order chi connectivity index (χ1) is 40.6. The average molecular weight is 1130 g/mol. The number of rotatable bonds is 8. The molecule has 6 nitrogen and oxygen atoms in total. The van der Waals surface area contributed by atoms with Gasteiger partial charge < -0.3 is 18.6 Å². The zero-order valence-electron chi connectivity index (χ0n) is 49.7. The van der Waals surface area contributed by atoms with Gasteiger partial charge in [0.1, 0.15) is 21.6 Å². The Morgan fingerprint density at radius 1 is 0.353 bits per heavy atom. The van der Waals surface area contributed by atoms with Crippen LogP contribution in [0.15, 0.2) is 237 Å². The molecule has 0 amide bonds. The number of benzene rings is 11. The second-order valence-corrected chi connectivity index (χ2v) is 28.5. The van der Waals surface area contributed by atoms with Crippen molar-refractivity contribution >= 4 is 98.6 Å². The van der Waals surface area contributed by atoms with Gasteiger partial charge in [-0.15, -0.1) is 0 Å². The highest BCUT2D eigenvalue weighted by molar-refractivity contribution is 7.92. The molecular formula is C78H66N2O4S. The number of sulfone groups is 1. The zero-order chi connectivity index (χ0) is 58.7. The quantitative estimate of drug-likeness (QED) is 0.151. The molecule has 0 aliphatic heterocycles. The number of furan rings is 2. The molecule has 418 valence electrons. The van der Waals surface area contributed by atoms with Crippen LogP contribution < -0.4 is 9.80 Å². The van der Waals surface area contributed by atoms with E-state index in [1.165, 1.54) is 55.6 Å². The Kier molecular flexibility index (Phi) is 11.4. The van der Waals surface area contributed by atoms with Gasteiger partial charge in [-0.1, -0.05) is 172 Å². The first-order valence-corrected chi connectivity index (χ1v) is 31.0. The predicted molar refractivity (Wildman–Crippen MR) is 352 cm³/mol. The summed E-state index contributed by atoms with van der Waals surface area (Å²) in [6, 6.07) is 76.3. The molecule has 0 bridgehead atoms. The zero-order valence-corrected chi connectivity index (χ0v) is 50.5. The fourth-order valence-electron chi connectivity index (χ4n) is 13.9. The number of nitrogens with zero attached hydrogens (tertiary/aromatic N) is 2. The van der Waals surface area contributed by atoms with Crippen molar-refractivity contribution in [3.05, 3.63) is 252 Å². The third-order valence-electron chi connectivity index (χ3n) is 18.6. The molecule has 0 unspecified atom stereocenters. The molecule has 0 saturated heterocycles. The molecule has 2 aliphatic carbocycles. The summed E-state index contributed by atoms with van der Waals surface area (Å²) in [5.41, 5.74) is 20.4. The van der Waals surface area contributed by atoms with Crippen LogP contribution in [0.25, 0.3) is 76.9 Å². The van der Waals surface area contributed by atoms with E-state index in [4.69, 9.17) is 8.83 Å². The molecule has 0 atom stereocenters. The van der Waals surface area contributed by atoms with Crippen molar-refractivity contribution in [2.24, 2.45) is 0 Å². The minimum absolute atomic E-state index is 0.0136. The Hall–Kier alpha value is -9.17. The van der Waals surface area contributed by atoms with Crippen LogP contribution in [0.3, 0.4) is 0 Å². The number of fused-ring (bicyclic) bond motifs is 13. The standard InChI is InChI=1S/C78H66N2O4S/c1-75(2,3)48-24-28-50(29-25-48)79(52-32-36-59-57-20-14-16-22-66(57)77(7,8)68(59)42-52)54-34-38-61-64-40-47-41-65-62-39-35-55(45-71(62)84-73(65)74(63(47)46-72(64)83-70(61)44-54)85(81,82)56-18-12-11-13-19-56)80(51-30-26-49(27-31-51)76(4,5)6)53-33-37-60-58-21-15-17-23-67(58)78(9,10)69(60)43-53/h11-46H,1-10H3. The third kappa shape index (κ3) is 8.14. The lowest BCUT2D eigenvalue weighted by Gasteiger charge is -2.29. The van der Waals surface area contributed by atoms with E-state index in [0.717, 1.165) is 55.7 Å². The Morgan fingerprint density at radius 3 is 1.26 bits per heavy atom. The lowest BCUT2D eigenvalue weighted by atomic mass is 9.82. The van der Waals surface area contributed by atoms with E-state index in [1.807, 2.05) is 12.1 Å². The van der Waals surface area contributed by atoms with Crippen molar-refractivity contribution in [1.82, 2.24) is 0 Å². The monoisotopic (exact) mass is 1130 g/mol. The smallest absolute Gasteiger partial charge is 0.210 e. The number of anilines is 6. The molecule has 0 N–H and O–H groups in total. The first kappa shape index (κ1) is 52.6. The van der Waals surface area contributed by atoms with Crippen LogP contribution in [0.4, 0.5) is 34.1 Å². The SMILES string of the molecule is CC(C)(C)c1ccc(N(c2ccc3c(c2)C(C)(C)c2ccccc2-3)c2ccc3c(c2)oc2cc4c(S(=O)(=O)c5ccccc5)c5oc6cc(N(c7ccc(C(C)(C)C)cc7)c7ccc8c(c7)C(C)(C)c7ccccc7-8)ccc6c5cc4cc23)cc1. The molecule has 2 heterocycles. The van der Waals surface area contributed by atoms with Crippen molar-refractivity contribution in [1.29, 1.82) is 0 Å². The summed E-state index contributed by atoms with van der Waals surface area (Å²) in [6.07, 6.45) is 0. The van der Waals surface area contributed by atoms with Gasteiger partial charge in [0.25, 0.3) is 0 Å². The lowest BCUT2D eigenvalue weighted by Crippen LogP contribution is -2.17. The minimum Gasteiger partial charge on any atom is -0.456 e. The molecule has 7 heteroatoms. The van der Waals surface area contributed by atoms with Gasteiger partial charge >= 0.3 is 0 Å². The largest absolute Gasteiger partial charge is 0.456 e. The third-order valence-corrected chi connectivity index (χ3v) is 20.4. The Labute approximate surface area is 497 Å². The first-order valence-electron chi connectivity index (χ1n) is 29.5. The number of hydrogen-bond acceptors (Lipinski definition) is 6. The van der Waals surface area contributed by atoms with E-state index in [0.29, 0.717) is 33.1 Å². The van der Waals surface area contributed by atoms with Crippen molar-refractivity contribution in [2.45, 2.75) is 101 Å². The van der Waals surface area contributed by atoms with Crippen LogP contribution >= 0.6 is 0 Å². The van der Waals surface area contributed by atoms with Gasteiger partial charge in [0.2, 0.25) is 9.84 Å². The molecule has 2 aliphatic rings. The van der Waals surface area contributed by atoms with Crippen LogP contribution in [-0.2, 0) is 31.5 Å². The highest BCUT2D eigenvalue weighted by Gasteiger charge is 2.38. The summed E-state index contributed by atoms with van der Waals surface area (Å²) >= 11 is 0. The molecule has 13 aromatic rings. The fourth-order valence-corrected chi connectivity index (χ4v) is 15.5. The van der Waals surface area contributed by atoms with Crippen molar-refractivity contribution in [3.8, 4) is 22.3 Å². The maximum absolute atomic E-state index is 15.5. The van der Waals surface area contributed by atoms with Gasteiger partial charge in [-0.05, 0) is 175 Å². The predicted octanol–water partition coefficient (Wildman–Crippen LogP) is 21.6. The maximum Gasteiger partial charge on any atom is 0.210 e. The van der Waals surface area contributed by atoms with Crippen LogP contribution in [0.5, 0.6) is 0 Å². The van der Waals surface area contributed by atoms with Gasteiger partial charge in [-0.3, -0.25) is 0 Å². The van der Waals surface area contributed by atoms with Crippen molar-refractivity contribution < 1.29 is 17.3 Å². The van der Waals surface area contributed by atoms with E-state index in [-0.39, 0.29) is 31.5 Å². The molecule has 11 aromatic carbocycles. The molecule has 0 fully saturated rings. The van der Waals surface area contributed by atoms with Crippen molar-refractivity contribution in [2.75, 3.05) is 9.80 Å². The van der Waals surface area contributed by atoms with E-state index in [1.54, 1.807) is 24.3 Å². The molecule has 0 spiro atoms. The van der Waals surface area contributed by atoms with Gasteiger partial charge in [0.15, 0.2) is 5.58 Å². The topological polar surface area (TPSA) is 66.9 Å². The van der Waals surface area contributed by atoms with E-state index >= 15 is 8.42 Å². The fraction of sp³-hybridized carbons (Fsp3) is 0.179. The molecular weight excluding hydrogens is 1060 g/mol. The molecule has 2 aromatic heterocycles. The van der Waals surface area contributed by atoms with Crippen molar-refractivity contribution in [3.63, 3.8) is 0 Å². The molecule has 0 saturated carbocycles. The van der Waals surface area contributed by atoms with Gasteiger partial charge in [0, 0.05) is 84.0 Å². The summed E-state index contributed by atoms with van der Waals surface area (Å²) < 4.78 is 44.9. The minimum atomic E-state index is -4.18. The Morgan fingerprint density at radius 2 is 0.753 bits per heavy atom. The summed E-state index contributed by atoms with van der Waals surface area (Å²) in [7, 11) is -4.18. The normalized spacial score (nSPS) is 14.3. The van der Waals surface area contributed by atoms with Crippen LogP contribution in [-0.4, -0.2) is 8.42 Å². The molecule has 15 rings (SSSR count). The second-order valence-electron chi connectivity index (χ2n) is 26.6. The second kappa shape index (κ2) is 18.4. The molecule has 85 heavy (non-hydrogen) atoms. The van der Waals surface area contributed by atoms with Gasteiger partial charge in [-0.2, -0.15) is 0 Å². The Bertz CT molecular complexity index is 5030. The number of hydrogen-bond donors (Lipinski definition) is 0. The highest BCUT2D eigenvalue weighted by atomic mass is 32.2. The maximum atomic E-state index is 15.5. The van der Waals surface area contributed by atoms with Crippen LogP contribution in [0, 0.1) is 0 Å². The van der Waals surface area contributed by atoms with E-state index in [9.17, 15) is 0 Å². The summed E-state index contributed by atoms with van der Waals surface area (Å²) in [5.74, 6) is 0. The average Bonchev–Trinajstić information content (AvgIpc) is 1.75. The Balaban J connectivity index is 0.894. The van der Waals surface area contributed by atoms with E-state index in [2.05, 4.69) is 261 Å². The van der Waals surface area contributed by atoms with E-state index < -0.39 is 9.84 Å². The lowest BCUT2D eigenvalue weighted by molar-refractivity contribution is 0.590. The summed E-state index contributed by atoms with van der Waals surface area (Å²) in [5, 5.41) is 4.63. The highest BCUT2D eigenvalue weighted by Crippen LogP contribution is 2.54. The summed E-state index contributed by atoms with van der Waals surface area (Å²) in [4.78, 5) is 4.89.